The number of hydrogen-bond acceptors (Lipinski definition) is 4. The molecular weight excluding hydrogens is 430 g/mol. The molecule has 1 aromatic rings. The average molecular weight is 467 g/mol. The van der Waals surface area contributed by atoms with Crippen molar-refractivity contribution in [2.75, 3.05) is 13.2 Å². The Morgan fingerprint density at radius 3 is 2.64 bits per heavy atom. The van der Waals surface area contributed by atoms with Gasteiger partial charge in [0.1, 0.15) is 6.04 Å². The van der Waals surface area contributed by atoms with Gasteiger partial charge in [-0.2, -0.15) is 0 Å². The van der Waals surface area contributed by atoms with E-state index in [0.29, 0.717) is 45.3 Å². The third kappa shape index (κ3) is 7.45. The first-order valence-corrected chi connectivity index (χ1v) is 12.2. The van der Waals surface area contributed by atoms with Crippen LogP contribution in [0.3, 0.4) is 0 Å². The molecule has 0 bridgehead atoms. The average Bonchev–Trinajstić information content (AvgIpc) is 2.79. The minimum absolute atomic E-state index is 0.298. The summed E-state index contributed by atoms with van der Waals surface area (Å²) in [5.41, 5.74) is 2.69. The molecule has 1 saturated heterocycles. The highest BCUT2D eigenvalue weighted by atomic mass is 19.3. The van der Waals surface area contributed by atoms with E-state index < -0.39 is 35.7 Å². The Kier molecular flexibility index (Phi) is 8.79. The zero-order valence-corrected chi connectivity index (χ0v) is 19.5. The van der Waals surface area contributed by atoms with Crippen LogP contribution in [0.2, 0.25) is 0 Å². The third-order valence-corrected chi connectivity index (χ3v) is 7.01. The SMILES string of the molecule is CC1(C(=O)N[C@@H](CCC(F)(F)CCCCc2ccc3c(n2)CCCC3)C(=O)O)CCOCC1. The summed E-state index contributed by atoms with van der Waals surface area (Å²) in [6, 6.07) is 2.80. The third-order valence-electron chi connectivity index (χ3n) is 7.01. The maximum absolute atomic E-state index is 14.4. The van der Waals surface area contributed by atoms with Gasteiger partial charge in [0, 0.05) is 37.4 Å². The number of aryl methyl sites for hydroxylation is 3. The van der Waals surface area contributed by atoms with E-state index in [1.165, 1.54) is 12.0 Å². The molecule has 33 heavy (non-hydrogen) atoms. The molecule has 0 unspecified atom stereocenters. The molecule has 2 heterocycles. The lowest BCUT2D eigenvalue weighted by atomic mass is 9.81. The summed E-state index contributed by atoms with van der Waals surface area (Å²) >= 11 is 0. The van der Waals surface area contributed by atoms with Gasteiger partial charge in [0.05, 0.1) is 5.41 Å². The van der Waals surface area contributed by atoms with Gasteiger partial charge in [-0.1, -0.05) is 13.0 Å². The Hall–Kier alpha value is -2.09. The second kappa shape index (κ2) is 11.4. The van der Waals surface area contributed by atoms with E-state index in [9.17, 15) is 23.5 Å². The van der Waals surface area contributed by atoms with Gasteiger partial charge >= 0.3 is 5.97 Å². The molecule has 3 rings (SSSR count). The number of fused-ring (bicyclic) bond motifs is 1. The first kappa shape index (κ1) is 25.5. The number of carboxylic acid groups (broad SMARTS) is 1. The summed E-state index contributed by atoms with van der Waals surface area (Å²) in [6.45, 7) is 2.62. The fourth-order valence-corrected chi connectivity index (χ4v) is 4.58. The van der Waals surface area contributed by atoms with E-state index in [1.54, 1.807) is 6.92 Å². The number of unbranched alkanes of at least 4 members (excludes halogenated alkanes) is 1. The van der Waals surface area contributed by atoms with Crippen LogP contribution in [0.4, 0.5) is 8.78 Å². The fourth-order valence-electron chi connectivity index (χ4n) is 4.58. The van der Waals surface area contributed by atoms with Crippen molar-refractivity contribution in [3.8, 4) is 0 Å². The fraction of sp³-hybridized carbons (Fsp3) is 0.720. The number of amides is 1. The lowest BCUT2D eigenvalue weighted by Gasteiger charge is -2.33. The lowest BCUT2D eigenvalue weighted by Crippen LogP contribution is -2.49. The molecule has 2 N–H and O–H groups in total. The smallest absolute Gasteiger partial charge is 0.326 e. The Labute approximate surface area is 194 Å². The normalized spacial score (nSPS) is 18.9. The summed E-state index contributed by atoms with van der Waals surface area (Å²) < 4.78 is 34.1. The zero-order valence-electron chi connectivity index (χ0n) is 19.5. The molecule has 1 fully saturated rings. The van der Waals surface area contributed by atoms with E-state index in [-0.39, 0.29) is 12.8 Å². The van der Waals surface area contributed by atoms with Crippen molar-refractivity contribution in [2.24, 2.45) is 5.41 Å². The van der Waals surface area contributed by atoms with Crippen LogP contribution in [0.5, 0.6) is 0 Å². The molecule has 6 nitrogen and oxygen atoms in total. The van der Waals surface area contributed by atoms with Gasteiger partial charge in [-0.15, -0.1) is 0 Å². The number of hydrogen-bond donors (Lipinski definition) is 2. The monoisotopic (exact) mass is 466 g/mol. The number of pyridine rings is 1. The lowest BCUT2D eigenvalue weighted by molar-refractivity contribution is -0.146. The van der Waals surface area contributed by atoms with Crippen LogP contribution in [0.1, 0.15) is 81.7 Å². The highest BCUT2D eigenvalue weighted by Gasteiger charge is 2.38. The van der Waals surface area contributed by atoms with Crippen molar-refractivity contribution >= 4 is 11.9 Å². The Morgan fingerprint density at radius 1 is 1.18 bits per heavy atom. The highest BCUT2D eigenvalue weighted by Crippen LogP contribution is 2.31. The molecule has 1 aromatic heterocycles. The molecule has 1 amide bonds. The number of carbonyl (C=O) groups excluding carboxylic acids is 1. The topological polar surface area (TPSA) is 88.5 Å². The van der Waals surface area contributed by atoms with Gasteiger partial charge in [0.25, 0.3) is 0 Å². The van der Waals surface area contributed by atoms with Gasteiger partial charge < -0.3 is 15.2 Å². The van der Waals surface area contributed by atoms with E-state index in [4.69, 9.17) is 9.72 Å². The first-order chi connectivity index (χ1) is 15.7. The number of aromatic nitrogens is 1. The second-order valence-electron chi connectivity index (χ2n) is 9.75. The predicted molar refractivity (Wildman–Crippen MR) is 120 cm³/mol. The van der Waals surface area contributed by atoms with Gasteiger partial charge in [-0.25, -0.2) is 13.6 Å². The van der Waals surface area contributed by atoms with Crippen molar-refractivity contribution in [3.05, 3.63) is 29.1 Å². The van der Waals surface area contributed by atoms with Gasteiger partial charge in [0.2, 0.25) is 11.8 Å². The molecule has 0 radical (unpaired) electrons. The van der Waals surface area contributed by atoms with Crippen LogP contribution in [0.15, 0.2) is 12.1 Å². The number of halogens is 2. The largest absolute Gasteiger partial charge is 0.480 e. The Balaban J connectivity index is 1.42. The molecule has 1 aliphatic heterocycles. The number of nitrogens with zero attached hydrogens (tertiary/aromatic N) is 1. The summed E-state index contributed by atoms with van der Waals surface area (Å²) in [5, 5.41) is 11.9. The van der Waals surface area contributed by atoms with Crippen molar-refractivity contribution in [3.63, 3.8) is 0 Å². The molecule has 2 aliphatic rings. The number of carbonyl (C=O) groups is 2. The van der Waals surface area contributed by atoms with Crippen LogP contribution in [0, 0.1) is 5.41 Å². The van der Waals surface area contributed by atoms with Crippen molar-refractivity contribution in [1.82, 2.24) is 10.3 Å². The second-order valence-corrected chi connectivity index (χ2v) is 9.75. The van der Waals surface area contributed by atoms with E-state index in [2.05, 4.69) is 11.4 Å². The van der Waals surface area contributed by atoms with Crippen LogP contribution >= 0.6 is 0 Å². The Morgan fingerprint density at radius 2 is 1.91 bits per heavy atom. The molecular formula is C25H36F2N2O4. The number of rotatable bonds is 11. The van der Waals surface area contributed by atoms with Crippen LogP contribution in [-0.4, -0.2) is 47.1 Å². The van der Waals surface area contributed by atoms with Gasteiger partial charge in [-0.3, -0.25) is 9.78 Å². The molecule has 0 spiro atoms. The Bertz CT molecular complexity index is 825. The van der Waals surface area contributed by atoms with Crippen LogP contribution < -0.4 is 5.32 Å². The van der Waals surface area contributed by atoms with Gasteiger partial charge in [-0.05, 0) is 75.8 Å². The summed E-state index contributed by atoms with van der Waals surface area (Å²) in [7, 11) is 0. The standard InChI is InChI=1S/C25H36F2N2O4/c1-24(14-16-33-17-15-24)23(32)29-21(22(30)31)11-13-25(26,27)12-5-4-7-19-10-9-18-6-2-3-8-20(18)28-19/h9-10,21H,2-8,11-17H2,1H3,(H,29,32)(H,30,31)/t21-/m0/s1. The van der Waals surface area contributed by atoms with Crippen molar-refractivity contribution in [2.45, 2.75) is 95.9 Å². The summed E-state index contributed by atoms with van der Waals surface area (Å²) in [4.78, 5) is 28.8. The first-order valence-electron chi connectivity index (χ1n) is 12.2. The van der Waals surface area contributed by atoms with Crippen molar-refractivity contribution in [1.29, 1.82) is 0 Å². The maximum atomic E-state index is 14.4. The number of alkyl halides is 2. The van der Waals surface area contributed by atoms with E-state index in [1.807, 2.05) is 6.07 Å². The number of ether oxygens (including phenoxy) is 1. The van der Waals surface area contributed by atoms with Crippen molar-refractivity contribution < 1.29 is 28.2 Å². The van der Waals surface area contributed by atoms with Crippen LogP contribution in [-0.2, 0) is 33.6 Å². The van der Waals surface area contributed by atoms with E-state index in [0.717, 1.165) is 30.7 Å². The molecule has 0 aromatic carbocycles. The van der Waals surface area contributed by atoms with E-state index >= 15 is 0 Å². The molecule has 1 atom stereocenters. The minimum Gasteiger partial charge on any atom is -0.480 e. The highest BCUT2D eigenvalue weighted by molar-refractivity contribution is 5.87. The summed E-state index contributed by atoms with van der Waals surface area (Å²) in [5.74, 6) is -4.66. The quantitative estimate of drug-likeness (QED) is 0.470. The summed E-state index contributed by atoms with van der Waals surface area (Å²) in [6.07, 6.45) is 5.84. The van der Waals surface area contributed by atoms with Crippen LogP contribution in [0.25, 0.3) is 0 Å². The minimum atomic E-state index is -2.97. The molecule has 184 valence electrons. The number of nitrogens with one attached hydrogen (secondary N) is 1. The maximum Gasteiger partial charge on any atom is 0.326 e. The number of aliphatic carboxylic acids is 1. The van der Waals surface area contributed by atoms with Gasteiger partial charge in [0.15, 0.2) is 0 Å². The zero-order chi connectivity index (χ0) is 23.9. The predicted octanol–water partition coefficient (Wildman–Crippen LogP) is 4.47. The molecule has 8 heteroatoms. The molecule has 1 aliphatic carbocycles. The molecule has 0 saturated carbocycles. The number of carboxylic acids is 1.